The molecule has 0 spiro atoms. The van der Waals surface area contributed by atoms with Gasteiger partial charge in [0.2, 0.25) is 5.91 Å². The summed E-state index contributed by atoms with van der Waals surface area (Å²) in [5.41, 5.74) is 9.24. The highest BCUT2D eigenvalue weighted by atomic mass is 35.5. The predicted molar refractivity (Wildman–Crippen MR) is 137 cm³/mol. The molecule has 0 atom stereocenters. The van der Waals surface area contributed by atoms with Crippen molar-refractivity contribution in [1.29, 1.82) is 0 Å². The van der Waals surface area contributed by atoms with Crippen LogP contribution in [0.5, 0.6) is 5.75 Å². The normalized spacial score (nSPS) is 11.2. The number of hydrogen-bond acceptors (Lipinski definition) is 3. The molecule has 3 N–H and O–H groups in total. The van der Waals surface area contributed by atoms with E-state index in [0.29, 0.717) is 32.4 Å². The van der Waals surface area contributed by atoms with E-state index in [-0.39, 0.29) is 23.7 Å². The second kappa shape index (κ2) is 9.36. The molecule has 0 saturated carbocycles. The van der Waals surface area contributed by atoms with E-state index < -0.39 is 18.5 Å². The van der Waals surface area contributed by atoms with Crippen LogP contribution < -0.4 is 10.5 Å². The second-order valence-corrected chi connectivity index (χ2v) is 8.74. The van der Waals surface area contributed by atoms with Gasteiger partial charge in [-0.1, -0.05) is 48.0 Å². The van der Waals surface area contributed by atoms with Crippen molar-refractivity contribution in [1.82, 2.24) is 4.57 Å². The van der Waals surface area contributed by atoms with Crippen LogP contribution in [0.4, 0.5) is 4.39 Å². The predicted octanol–water partition coefficient (Wildman–Crippen LogP) is 5.86. The molecule has 6 nitrogen and oxygen atoms in total. The zero-order valence-electron chi connectivity index (χ0n) is 18.9. The van der Waals surface area contributed by atoms with Gasteiger partial charge in [-0.05, 0) is 53.6 Å². The number of fused-ring (bicyclic) bond motifs is 3. The number of halogens is 2. The Balaban J connectivity index is 1.87. The summed E-state index contributed by atoms with van der Waals surface area (Å²) < 4.78 is 22.3. The molecule has 0 aliphatic carbocycles. The van der Waals surface area contributed by atoms with Crippen molar-refractivity contribution >= 4 is 45.3 Å². The number of rotatable bonds is 7. The number of benzene rings is 4. The molecule has 0 fully saturated rings. The fraction of sp³-hybridized carbons (Fsp3) is 0.0714. The summed E-state index contributed by atoms with van der Waals surface area (Å²) in [5, 5.41) is 10.9. The van der Waals surface area contributed by atoms with Crippen molar-refractivity contribution in [3.05, 3.63) is 101 Å². The van der Waals surface area contributed by atoms with Crippen LogP contribution >= 0.6 is 11.6 Å². The summed E-state index contributed by atoms with van der Waals surface area (Å²) in [5.74, 6) is -1.89. The van der Waals surface area contributed by atoms with E-state index in [1.54, 1.807) is 48.5 Å². The number of aliphatic carboxylic acids is 1. The SMILES string of the molecule is NC(=O)c1cccc2c1c1c(OCC(=O)O)cc(-c3ccc(Cl)cc3)cc1n2Cc1ccccc1F. The summed E-state index contributed by atoms with van der Waals surface area (Å²) in [6.45, 7) is -0.421. The number of carbonyl (C=O) groups excluding carboxylic acids is 1. The molecule has 180 valence electrons. The van der Waals surface area contributed by atoms with Crippen molar-refractivity contribution in [2.24, 2.45) is 5.73 Å². The summed E-state index contributed by atoms with van der Waals surface area (Å²) in [7, 11) is 0. The van der Waals surface area contributed by atoms with Crippen LogP contribution in [0.25, 0.3) is 32.9 Å². The van der Waals surface area contributed by atoms with Gasteiger partial charge in [0, 0.05) is 21.5 Å². The quantitative estimate of drug-likeness (QED) is 0.291. The Kier molecular flexibility index (Phi) is 6.08. The maximum atomic E-state index is 14.7. The van der Waals surface area contributed by atoms with Gasteiger partial charge in [-0.15, -0.1) is 0 Å². The first-order chi connectivity index (χ1) is 17.3. The van der Waals surface area contributed by atoms with Crippen LogP contribution in [0.1, 0.15) is 15.9 Å². The van der Waals surface area contributed by atoms with E-state index >= 15 is 0 Å². The Hall–Kier alpha value is -4.36. The highest BCUT2D eigenvalue weighted by Gasteiger charge is 2.22. The third kappa shape index (κ3) is 4.25. The number of aromatic nitrogens is 1. The molecule has 0 saturated heterocycles. The van der Waals surface area contributed by atoms with Gasteiger partial charge >= 0.3 is 5.97 Å². The molecule has 0 unspecified atom stereocenters. The number of ether oxygens (including phenoxy) is 1. The van der Waals surface area contributed by atoms with E-state index in [4.69, 9.17) is 22.1 Å². The van der Waals surface area contributed by atoms with Crippen molar-refractivity contribution < 1.29 is 23.8 Å². The highest BCUT2D eigenvalue weighted by molar-refractivity contribution is 6.30. The van der Waals surface area contributed by atoms with E-state index in [2.05, 4.69) is 0 Å². The molecule has 5 rings (SSSR count). The van der Waals surface area contributed by atoms with Crippen LogP contribution in [0.15, 0.2) is 78.9 Å². The minimum Gasteiger partial charge on any atom is -0.481 e. The molecule has 1 amide bonds. The number of nitrogens with zero attached hydrogens (tertiary/aromatic N) is 1. The molecule has 1 heterocycles. The molecule has 4 aromatic carbocycles. The molecule has 1 aromatic heterocycles. The van der Waals surface area contributed by atoms with Crippen molar-refractivity contribution in [2.45, 2.75) is 6.54 Å². The van der Waals surface area contributed by atoms with Gasteiger partial charge in [0.15, 0.2) is 6.61 Å². The number of nitrogens with two attached hydrogens (primary N) is 1. The maximum absolute atomic E-state index is 14.7. The number of carboxylic acids is 1. The molecular weight excluding hydrogens is 483 g/mol. The van der Waals surface area contributed by atoms with Gasteiger partial charge in [0.1, 0.15) is 11.6 Å². The molecule has 0 radical (unpaired) electrons. The Bertz CT molecular complexity index is 1640. The van der Waals surface area contributed by atoms with Gasteiger partial charge in [-0.3, -0.25) is 4.79 Å². The van der Waals surface area contributed by atoms with Gasteiger partial charge in [0.25, 0.3) is 0 Å². The lowest BCUT2D eigenvalue weighted by Crippen LogP contribution is -2.11. The Morgan fingerprint density at radius 2 is 1.67 bits per heavy atom. The smallest absolute Gasteiger partial charge is 0.341 e. The third-order valence-electron chi connectivity index (χ3n) is 6.04. The van der Waals surface area contributed by atoms with E-state index in [1.165, 1.54) is 6.07 Å². The van der Waals surface area contributed by atoms with Crippen LogP contribution in [0.3, 0.4) is 0 Å². The lowest BCUT2D eigenvalue weighted by atomic mass is 10.0. The third-order valence-corrected chi connectivity index (χ3v) is 6.29. The highest BCUT2D eigenvalue weighted by Crippen LogP contribution is 2.41. The number of amides is 1. The first-order valence-electron chi connectivity index (χ1n) is 11.1. The van der Waals surface area contributed by atoms with Crippen LogP contribution in [0, 0.1) is 5.82 Å². The Morgan fingerprint density at radius 1 is 0.917 bits per heavy atom. The minimum absolute atomic E-state index is 0.164. The minimum atomic E-state index is -1.15. The first kappa shape index (κ1) is 23.4. The maximum Gasteiger partial charge on any atom is 0.341 e. The van der Waals surface area contributed by atoms with Crippen LogP contribution in [-0.4, -0.2) is 28.2 Å². The topological polar surface area (TPSA) is 94.6 Å². The molecule has 0 bridgehead atoms. The van der Waals surface area contributed by atoms with Crippen molar-refractivity contribution in [3.63, 3.8) is 0 Å². The summed E-state index contributed by atoms with van der Waals surface area (Å²) in [6.07, 6.45) is 0. The lowest BCUT2D eigenvalue weighted by Gasteiger charge is -2.12. The second-order valence-electron chi connectivity index (χ2n) is 8.30. The standard InChI is InChI=1S/C28H20ClFN2O4/c29-19-10-8-16(9-11-19)18-12-23-27(24(13-18)36-15-25(33)34)26-20(28(31)35)5-3-7-22(26)32(23)14-17-4-1-2-6-21(17)30/h1-13H,14-15H2,(H2,31,35)(H,33,34). The van der Waals surface area contributed by atoms with E-state index in [0.717, 1.165) is 11.1 Å². The average Bonchev–Trinajstić information content (AvgIpc) is 3.17. The average molecular weight is 503 g/mol. The number of carboxylic acid groups (broad SMARTS) is 1. The first-order valence-corrected chi connectivity index (χ1v) is 11.4. The fourth-order valence-electron chi connectivity index (χ4n) is 4.46. The summed E-state index contributed by atoms with van der Waals surface area (Å²) >= 11 is 6.07. The van der Waals surface area contributed by atoms with Gasteiger partial charge in [0.05, 0.1) is 23.0 Å². The Labute approximate surface area is 210 Å². The molecule has 8 heteroatoms. The summed E-state index contributed by atoms with van der Waals surface area (Å²) in [4.78, 5) is 23.7. The molecule has 36 heavy (non-hydrogen) atoms. The zero-order valence-corrected chi connectivity index (χ0v) is 19.6. The van der Waals surface area contributed by atoms with E-state index in [1.807, 2.05) is 28.8 Å². The van der Waals surface area contributed by atoms with Crippen molar-refractivity contribution in [2.75, 3.05) is 6.61 Å². The number of primary amides is 1. The fourth-order valence-corrected chi connectivity index (χ4v) is 4.58. The monoisotopic (exact) mass is 502 g/mol. The molecule has 0 aliphatic heterocycles. The molecular formula is C28H20ClFN2O4. The molecule has 5 aromatic rings. The summed E-state index contributed by atoms with van der Waals surface area (Å²) in [6, 6.07) is 22.4. The number of carbonyl (C=O) groups is 2. The van der Waals surface area contributed by atoms with E-state index in [9.17, 15) is 19.1 Å². The van der Waals surface area contributed by atoms with Crippen molar-refractivity contribution in [3.8, 4) is 16.9 Å². The van der Waals surface area contributed by atoms with Gasteiger partial charge in [-0.2, -0.15) is 0 Å². The number of hydrogen-bond donors (Lipinski definition) is 2. The van der Waals surface area contributed by atoms with Gasteiger partial charge in [-0.25, -0.2) is 9.18 Å². The van der Waals surface area contributed by atoms with Crippen LogP contribution in [0.2, 0.25) is 5.02 Å². The van der Waals surface area contributed by atoms with Crippen LogP contribution in [-0.2, 0) is 11.3 Å². The lowest BCUT2D eigenvalue weighted by molar-refractivity contribution is -0.139. The Morgan fingerprint density at radius 3 is 2.36 bits per heavy atom. The zero-order chi connectivity index (χ0) is 25.4. The largest absolute Gasteiger partial charge is 0.481 e. The van der Waals surface area contributed by atoms with Gasteiger partial charge < -0.3 is 20.1 Å². The molecule has 0 aliphatic rings.